The Morgan fingerprint density at radius 1 is 1.50 bits per heavy atom. The lowest BCUT2D eigenvalue weighted by atomic mass is 10.1. The molecule has 2 amide bonds. The van der Waals surface area contributed by atoms with Crippen molar-refractivity contribution in [2.45, 2.75) is 31.8 Å². The summed E-state index contributed by atoms with van der Waals surface area (Å²) in [6.07, 6.45) is 1.87. The number of nitrogens with zero attached hydrogens (tertiary/aromatic N) is 1. The van der Waals surface area contributed by atoms with Crippen molar-refractivity contribution in [1.29, 1.82) is 0 Å². The molecule has 0 aliphatic heterocycles. The Balaban J connectivity index is 1.70. The van der Waals surface area contributed by atoms with Crippen molar-refractivity contribution in [2.75, 3.05) is 0 Å². The van der Waals surface area contributed by atoms with Crippen molar-refractivity contribution in [2.24, 2.45) is 5.92 Å². The first-order valence-corrected chi connectivity index (χ1v) is 6.73. The third-order valence-corrected chi connectivity index (χ3v) is 3.67. The lowest BCUT2D eigenvalue weighted by Crippen LogP contribution is -2.40. The van der Waals surface area contributed by atoms with Crippen molar-refractivity contribution in [3.8, 4) is 0 Å². The summed E-state index contributed by atoms with van der Waals surface area (Å²) in [5.41, 5.74) is 2.54. The van der Waals surface area contributed by atoms with Crippen LogP contribution in [0.5, 0.6) is 0 Å². The van der Waals surface area contributed by atoms with Crippen LogP contribution in [0.4, 0.5) is 4.79 Å². The van der Waals surface area contributed by atoms with Crippen molar-refractivity contribution >= 4 is 23.3 Å². The molecule has 98 valence electrons. The van der Waals surface area contributed by atoms with Gasteiger partial charge in [0.05, 0.1) is 23.7 Å². The highest BCUT2D eigenvalue weighted by molar-refractivity contribution is 7.07. The fourth-order valence-corrected chi connectivity index (χ4v) is 2.63. The van der Waals surface area contributed by atoms with Gasteiger partial charge in [0.25, 0.3) is 0 Å². The lowest BCUT2D eigenvalue weighted by molar-refractivity contribution is -0.141. The SMILES string of the molecule is O=C(NCc1cscn1)NC1CCC(C(=O)O)C1. The molecule has 1 fully saturated rings. The topological polar surface area (TPSA) is 91.3 Å². The Labute approximate surface area is 108 Å². The lowest BCUT2D eigenvalue weighted by Gasteiger charge is -2.12. The summed E-state index contributed by atoms with van der Waals surface area (Å²) >= 11 is 1.48. The van der Waals surface area contributed by atoms with Crippen LogP contribution in [0.25, 0.3) is 0 Å². The molecule has 1 aliphatic rings. The highest BCUT2D eigenvalue weighted by Gasteiger charge is 2.30. The molecule has 1 heterocycles. The van der Waals surface area contributed by atoms with E-state index in [0.29, 0.717) is 19.4 Å². The number of hydrogen-bond acceptors (Lipinski definition) is 4. The van der Waals surface area contributed by atoms with E-state index in [1.54, 1.807) is 5.51 Å². The maximum Gasteiger partial charge on any atom is 0.315 e. The summed E-state index contributed by atoms with van der Waals surface area (Å²) in [6, 6.07) is -0.305. The Bertz CT molecular complexity index is 421. The van der Waals surface area contributed by atoms with Gasteiger partial charge in [0, 0.05) is 11.4 Å². The number of carboxylic acids is 1. The molecule has 2 unspecified atom stereocenters. The zero-order valence-electron chi connectivity index (χ0n) is 9.76. The second-order valence-electron chi connectivity index (χ2n) is 4.35. The van der Waals surface area contributed by atoms with Gasteiger partial charge in [0.2, 0.25) is 0 Å². The average Bonchev–Trinajstić information content (AvgIpc) is 2.96. The van der Waals surface area contributed by atoms with Crippen LogP contribution in [0.15, 0.2) is 10.9 Å². The van der Waals surface area contributed by atoms with Crippen LogP contribution < -0.4 is 10.6 Å². The normalized spacial score (nSPS) is 22.7. The summed E-state index contributed by atoms with van der Waals surface area (Å²) in [4.78, 5) is 26.4. The fourth-order valence-electron chi connectivity index (χ4n) is 2.07. The van der Waals surface area contributed by atoms with Gasteiger partial charge in [-0.2, -0.15) is 0 Å². The maximum atomic E-state index is 11.6. The van der Waals surface area contributed by atoms with Gasteiger partial charge in [-0.15, -0.1) is 11.3 Å². The number of hydrogen-bond donors (Lipinski definition) is 3. The van der Waals surface area contributed by atoms with Crippen LogP contribution in [0.1, 0.15) is 25.0 Å². The molecule has 7 heteroatoms. The van der Waals surface area contributed by atoms with Crippen molar-refractivity contribution in [1.82, 2.24) is 15.6 Å². The molecule has 6 nitrogen and oxygen atoms in total. The first kappa shape index (κ1) is 12.8. The Morgan fingerprint density at radius 3 is 2.94 bits per heavy atom. The standard InChI is InChI=1S/C11H15N3O3S/c15-10(16)7-1-2-8(3-7)14-11(17)12-4-9-5-18-6-13-9/h5-8H,1-4H2,(H,15,16)(H2,12,14,17). The molecule has 1 aromatic heterocycles. The number of rotatable bonds is 4. The molecular formula is C11H15N3O3S. The summed E-state index contributed by atoms with van der Waals surface area (Å²) in [6.45, 7) is 0.393. The minimum absolute atomic E-state index is 0.0402. The zero-order chi connectivity index (χ0) is 13.0. The maximum absolute atomic E-state index is 11.6. The van der Waals surface area contributed by atoms with E-state index in [2.05, 4.69) is 15.6 Å². The summed E-state index contributed by atoms with van der Waals surface area (Å²) < 4.78 is 0. The van der Waals surface area contributed by atoms with Crippen molar-refractivity contribution in [3.05, 3.63) is 16.6 Å². The highest BCUT2D eigenvalue weighted by atomic mass is 32.1. The molecule has 0 bridgehead atoms. The van der Waals surface area contributed by atoms with Crippen LogP contribution in [0.3, 0.4) is 0 Å². The molecule has 2 rings (SSSR count). The van der Waals surface area contributed by atoms with Gasteiger partial charge in [-0.3, -0.25) is 4.79 Å². The smallest absolute Gasteiger partial charge is 0.315 e. The van der Waals surface area contributed by atoms with Crippen LogP contribution >= 0.6 is 11.3 Å². The minimum atomic E-state index is -0.776. The number of carbonyl (C=O) groups excluding carboxylic acids is 1. The van der Waals surface area contributed by atoms with Crippen LogP contribution in [0, 0.1) is 5.92 Å². The van der Waals surface area contributed by atoms with Crippen molar-refractivity contribution < 1.29 is 14.7 Å². The van der Waals surface area contributed by atoms with Crippen LogP contribution in [-0.2, 0) is 11.3 Å². The number of carbonyl (C=O) groups is 2. The molecule has 3 N–H and O–H groups in total. The molecule has 1 aliphatic carbocycles. The van der Waals surface area contributed by atoms with Gasteiger partial charge in [0.15, 0.2) is 0 Å². The number of amides is 2. The molecule has 0 radical (unpaired) electrons. The molecule has 1 aromatic rings. The monoisotopic (exact) mass is 269 g/mol. The number of carboxylic acid groups (broad SMARTS) is 1. The van der Waals surface area contributed by atoms with Gasteiger partial charge in [0.1, 0.15) is 0 Å². The number of thiazole rings is 1. The van der Waals surface area contributed by atoms with Gasteiger partial charge in [-0.1, -0.05) is 0 Å². The predicted octanol–water partition coefficient (Wildman–Crippen LogP) is 1.20. The molecule has 0 spiro atoms. The molecule has 0 aromatic carbocycles. The van der Waals surface area contributed by atoms with E-state index in [0.717, 1.165) is 12.1 Å². The van der Waals surface area contributed by atoms with Gasteiger partial charge >= 0.3 is 12.0 Å². The summed E-state index contributed by atoms with van der Waals surface area (Å²) in [5.74, 6) is -1.10. The second-order valence-corrected chi connectivity index (χ2v) is 5.07. The summed E-state index contributed by atoms with van der Waals surface area (Å²) in [7, 11) is 0. The number of aromatic nitrogens is 1. The third-order valence-electron chi connectivity index (χ3n) is 3.03. The quantitative estimate of drug-likeness (QED) is 0.765. The molecular weight excluding hydrogens is 254 g/mol. The summed E-state index contributed by atoms with van der Waals surface area (Å²) in [5, 5.41) is 16.2. The van der Waals surface area contributed by atoms with E-state index in [1.165, 1.54) is 11.3 Å². The Hall–Kier alpha value is -1.63. The van der Waals surface area contributed by atoms with E-state index in [4.69, 9.17) is 5.11 Å². The third kappa shape index (κ3) is 3.43. The zero-order valence-corrected chi connectivity index (χ0v) is 10.6. The molecule has 0 saturated heterocycles. The van der Waals surface area contributed by atoms with E-state index in [-0.39, 0.29) is 18.0 Å². The van der Waals surface area contributed by atoms with E-state index >= 15 is 0 Å². The number of nitrogens with one attached hydrogen (secondary N) is 2. The first-order chi connectivity index (χ1) is 8.65. The second kappa shape index (κ2) is 5.81. The van der Waals surface area contributed by atoms with Gasteiger partial charge in [-0.25, -0.2) is 9.78 Å². The minimum Gasteiger partial charge on any atom is -0.481 e. The Kier molecular flexibility index (Phi) is 4.14. The fraction of sp³-hybridized carbons (Fsp3) is 0.545. The predicted molar refractivity (Wildman–Crippen MR) is 66.3 cm³/mol. The van der Waals surface area contributed by atoms with E-state index < -0.39 is 5.97 Å². The van der Waals surface area contributed by atoms with E-state index in [1.807, 2.05) is 5.38 Å². The Morgan fingerprint density at radius 2 is 2.33 bits per heavy atom. The molecule has 2 atom stereocenters. The average molecular weight is 269 g/mol. The number of aliphatic carboxylic acids is 1. The van der Waals surface area contributed by atoms with E-state index in [9.17, 15) is 9.59 Å². The largest absolute Gasteiger partial charge is 0.481 e. The number of urea groups is 1. The van der Waals surface area contributed by atoms with Gasteiger partial charge in [-0.05, 0) is 19.3 Å². The van der Waals surface area contributed by atoms with Crippen LogP contribution in [0.2, 0.25) is 0 Å². The van der Waals surface area contributed by atoms with Gasteiger partial charge < -0.3 is 15.7 Å². The van der Waals surface area contributed by atoms with Crippen LogP contribution in [-0.4, -0.2) is 28.1 Å². The van der Waals surface area contributed by atoms with Crippen molar-refractivity contribution in [3.63, 3.8) is 0 Å². The first-order valence-electron chi connectivity index (χ1n) is 5.79. The highest BCUT2D eigenvalue weighted by Crippen LogP contribution is 2.25. The molecule has 1 saturated carbocycles. The molecule has 18 heavy (non-hydrogen) atoms.